The van der Waals surface area contributed by atoms with Gasteiger partial charge in [0.1, 0.15) is 0 Å². The Morgan fingerprint density at radius 2 is 1.44 bits per heavy atom. The SMILES string of the molecule is C=C/C=C\C=C(/C)c1cc(-c2ccccc2)nc(-n2c3ccccc3c3cc4ccccc4cc32)n1. The van der Waals surface area contributed by atoms with Crippen molar-refractivity contribution < 1.29 is 0 Å². The van der Waals surface area contributed by atoms with Crippen LogP contribution in [0.4, 0.5) is 0 Å². The first-order valence-corrected chi connectivity index (χ1v) is 12.1. The Labute approximate surface area is 210 Å². The molecular weight excluding hydrogens is 438 g/mol. The van der Waals surface area contributed by atoms with Crippen LogP contribution in [0.1, 0.15) is 12.6 Å². The summed E-state index contributed by atoms with van der Waals surface area (Å²) < 4.78 is 2.19. The van der Waals surface area contributed by atoms with Crippen LogP contribution in [0.5, 0.6) is 0 Å². The molecular formula is C33H25N3. The molecule has 0 spiro atoms. The molecule has 0 N–H and O–H groups in total. The van der Waals surface area contributed by atoms with Gasteiger partial charge in [0.15, 0.2) is 0 Å². The van der Waals surface area contributed by atoms with E-state index in [-0.39, 0.29) is 0 Å². The van der Waals surface area contributed by atoms with Gasteiger partial charge in [-0.3, -0.25) is 4.57 Å². The molecule has 172 valence electrons. The smallest absolute Gasteiger partial charge is 0.235 e. The van der Waals surface area contributed by atoms with Crippen molar-refractivity contribution >= 4 is 38.2 Å². The van der Waals surface area contributed by atoms with Crippen molar-refractivity contribution in [1.29, 1.82) is 0 Å². The lowest BCUT2D eigenvalue weighted by molar-refractivity contribution is 0.982. The molecule has 6 rings (SSSR count). The molecule has 2 aromatic heterocycles. The van der Waals surface area contributed by atoms with Crippen LogP contribution in [0, 0.1) is 0 Å². The summed E-state index contributed by atoms with van der Waals surface area (Å²) in [4.78, 5) is 10.2. The lowest BCUT2D eigenvalue weighted by Gasteiger charge is -2.12. The highest BCUT2D eigenvalue weighted by Gasteiger charge is 2.17. The van der Waals surface area contributed by atoms with E-state index in [4.69, 9.17) is 9.97 Å². The maximum absolute atomic E-state index is 5.10. The molecule has 6 aromatic rings. The molecule has 0 amide bonds. The molecule has 0 saturated carbocycles. The third kappa shape index (κ3) is 3.81. The average molecular weight is 464 g/mol. The summed E-state index contributed by atoms with van der Waals surface area (Å²) in [5.74, 6) is 0.660. The molecule has 3 heteroatoms. The highest BCUT2D eigenvalue weighted by molar-refractivity contribution is 6.13. The minimum absolute atomic E-state index is 0.660. The summed E-state index contributed by atoms with van der Waals surface area (Å²) in [5.41, 5.74) is 6.08. The number of rotatable bonds is 5. The van der Waals surface area contributed by atoms with E-state index in [2.05, 4.69) is 103 Å². The molecule has 0 fully saturated rings. The molecule has 0 saturated heterocycles. The second-order valence-corrected chi connectivity index (χ2v) is 8.84. The van der Waals surface area contributed by atoms with Gasteiger partial charge in [-0.05, 0) is 47.5 Å². The Morgan fingerprint density at radius 3 is 2.25 bits per heavy atom. The van der Waals surface area contributed by atoms with E-state index >= 15 is 0 Å². The summed E-state index contributed by atoms with van der Waals surface area (Å²) in [6, 6.07) is 33.8. The van der Waals surface area contributed by atoms with Gasteiger partial charge in [-0.25, -0.2) is 9.97 Å². The minimum atomic E-state index is 0.660. The van der Waals surface area contributed by atoms with E-state index in [9.17, 15) is 0 Å². The van der Waals surface area contributed by atoms with Crippen molar-refractivity contribution in [2.45, 2.75) is 6.92 Å². The number of nitrogens with zero attached hydrogens (tertiary/aromatic N) is 3. The summed E-state index contributed by atoms with van der Waals surface area (Å²) in [5, 5.41) is 4.80. The minimum Gasteiger partial charge on any atom is -0.278 e. The van der Waals surface area contributed by atoms with Gasteiger partial charge in [0, 0.05) is 16.3 Å². The Morgan fingerprint density at radius 1 is 0.722 bits per heavy atom. The second-order valence-electron chi connectivity index (χ2n) is 8.84. The van der Waals surface area contributed by atoms with Gasteiger partial charge in [0.05, 0.1) is 22.4 Å². The second kappa shape index (κ2) is 9.12. The van der Waals surface area contributed by atoms with E-state index in [1.807, 2.05) is 30.4 Å². The summed E-state index contributed by atoms with van der Waals surface area (Å²) in [7, 11) is 0. The first kappa shape index (κ1) is 21.8. The highest BCUT2D eigenvalue weighted by Crippen LogP contribution is 2.34. The maximum atomic E-state index is 5.10. The molecule has 0 aliphatic carbocycles. The molecule has 0 bridgehead atoms. The van der Waals surface area contributed by atoms with Gasteiger partial charge in [0.2, 0.25) is 5.95 Å². The van der Waals surface area contributed by atoms with Crippen LogP contribution in [-0.2, 0) is 0 Å². The van der Waals surface area contributed by atoms with Crippen LogP contribution >= 0.6 is 0 Å². The molecule has 3 nitrogen and oxygen atoms in total. The zero-order valence-electron chi connectivity index (χ0n) is 20.1. The molecule has 4 aromatic carbocycles. The third-order valence-electron chi connectivity index (χ3n) is 6.52. The van der Waals surface area contributed by atoms with Crippen LogP contribution in [0.2, 0.25) is 0 Å². The zero-order chi connectivity index (χ0) is 24.5. The fourth-order valence-corrected chi connectivity index (χ4v) is 4.73. The number of hydrogen-bond donors (Lipinski definition) is 0. The first-order valence-electron chi connectivity index (χ1n) is 12.1. The van der Waals surface area contributed by atoms with Crippen molar-refractivity contribution in [1.82, 2.24) is 14.5 Å². The molecule has 2 heterocycles. The third-order valence-corrected chi connectivity index (χ3v) is 6.52. The zero-order valence-corrected chi connectivity index (χ0v) is 20.1. The average Bonchev–Trinajstić information content (AvgIpc) is 3.25. The van der Waals surface area contributed by atoms with Crippen LogP contribution in [0.15, 0.2) is 128 Å². The molecule has 0 unspecified atom stereocenters. The van der Waals surface area contributed by atoms with Gasteiger partial charge in [-0.15, -0.1) is 0 Å². The lowest BCUT2D eigenvalue weighted by Crippen LogP contribution is -2.05. The molecule has 0 aliphatic rings. The molecule has 0 radical (unpaired) electrons. The Hall–Kier alpha value is -4.76. The van der Waals surface area contributed by atoms with Gasteiger partial charge >= 0.3 is 0 Å². The Balaban J connectivity index is 1.68. The molecule has 36 heavy (non-hydrogen) atoms. The Kier molecular flexibility index (Phi) is 5.51. The van der Waals surface area contributed by atoms with E-state index < -0.39 is 0 Å². The quantitative estimate of drug-likeness (QED) is 0.240. The van der Waals surface area contributed by atoms with Crippen molar-refractivity contribution in [3.63, 3.8) is 0 Å². The number of para-hydroxylation sites is 1. The van der Waals surface area contributed by atoms with Gasteiger partial charge in [-0.1, -0.05) is 104 Å². The summed E-state index contributed by atoms with van der Waals surface area (Å²) in [6.07, 6.45) is 7.73. The van der Waals surface area contributed by atoms with Crippen LogP contribution in [0.25, 0.3) is 55.4 Å². The fourth-order valence-electron chi connectivity index (χ4n) is 4.73. The van der Waals surface area contributed by atoms with E-state index in [0.717, 1.165) is 33.6 Å². The highest BCUT2D eigenvalue weighted by atomic mass is 15.2. The monoisotopic (exact) mass is 463 g/mol. The van der Waals surface area contributed by atoms with E-state index in [1.165, 1.54) is 21.5 Å². The standard InChI is InChI=1S/C33H25N3/c1-3-4-6-13-23(2)29-22-30(24-14-7-5-8-15-24)35-33(34-29)36-31-19-12-11-18-27(31)28-20-25-16-9-10-17-26(25)21-32(28)36/h3-22H,1H2,2H3/b6-4-,23-13+. The molecule has 0 aliphatic heterocycles. The summed E-state index contributed by atoms with van der Waals surface area (Å²) in [6.45, 7) is 5.84. The van der Waals surface area contributed by atoms with E-state index in [1.54, 1.807) is 6.08 Å². The predicted molar refractivity (Wildman–Crippen MR) is 152 cm³/mol. The number of aromatic nitrogens is 3. The first-order chi connectivity index (χ1) is 17.7. The number of benzene rings is 4. The molecule has 0 atom stereocenters. The maximum Gasteiger partial charge on any atom is 0.235 e. The fraction of sp³-hybridized carbons (Fsp3) is 0.0303. The van der Waals surface area contributed by atoms with Crippen molar-refractivity contribution in [2.24, 2.45) is 0 Å². The van der Waals surface area contributed by atoms with Gasteiger partial charge in [-0.2, -0.15) is 0 Å². The van der Waals surface area contributed by atoms with Crippen LogP contribution in [-0.4, -0.2) is 14.5 Å². The normalized spacial score (nSPS) is 12.2. The Bertz CT molecular complexity index is 1800. The number of fused-ring (bicyclic) bond motifs is 4. The topological polar surface area (TPSA) is 30.7 Å². The lowest BCUT2D eigenvalue weighted by atomic mass is 10.1. The van der Waals surface area contributed by atoms with Gasteiger partial charge < -0.3 is 0 Å². The summed E-state index contributed by atoms with van der Waals surface area (Å²) >= 11 is 0. The number of allylic oxidation sites excluding steroid dienone is 5. The van der Waals surface area contributed by atoms with Crippen molar-refractivity contribution in [3.05, 3.63) is 134 Å². The predicted octanol–water partition coefficient (Wildman–Crippen LogP) is 8.54. The van der Waals surface area contributed by atoms with Gasteiger partial charge in [0.25, 0.3) is 0 Å². The van der Waals surface area contributed by atoms with Crippen molar-refractivity contribution in [2.75, 3.05) is 0 Å². The largest absolute Gasteiger partial charge is 0.278 e. The number of hydrogen-bond acceptors (Lipinski definition) is 2. The van der Waals surface area contributed by atoms with Crippen molar-refractivity contribution in [3.8, 4) is 17.2 Å². The van der Waals surface area contributed by atoms with E-state index in [0.29, 0.717) is 5.95 Å². The van der Waals surface area contributed by atoms with Crippen LogP contribution in [0.3, 0.4) is 0 Å². The van der Waals surface area contributed by atoms with Crippen LogP contribution < -0.4 is 0 Å².